The molecule has 0 fully saturated rings. The topological polar surface area (TPSA) is 81.5 Å². The molecule has 0 unspecified atom stereocenters. The zero-order chi connectivity index (χ0) is 19.9. The number of rotatable bonds is 9. The quantitative estimate of drug-likeness (QED) is 0.304. The zero-order valence-corrected chi connectivity index (χ0v) is 14.2. The van der Waals surface area contributed by atoms with Gasteiger partial charge in [0.1, 0.15) is 12.3 Å². The molecule has 2 aromatic carbocycles. The predicted octanol–water partition coefficient (Wildman–Crippen LogP) is 4.21. The van der Waals surface area contributed by atoms with Gasteiger partial charge >= 0.3 is 6.18 Å². The van der Waals surface area contributed by atoms with Crippen molar-refractivity contribution >= 4 is 17.2 Å². The number of alkyl halides is 3. The van der Waals surface area contributed by atoms with Gasteiger partial charge in [-0.1, -0.05) is 30.3 Å². The molecule has 9 heteroatoms. The summed E-state index contributed by atoms with van der Waals surface area (Å²) in [7, 11) is 0. The van der Waals surface area contributed by atoms with Gasteiger partial charge in [0.15, 0.2) is 5.78 Å². The van der Waals surface area contributed by atoms with E-state index in [4.69, 9.17) is 0 Å². The molecule has 6 nitrogen and oxygen atoms in total. The molecule has 0 bridgehead atoms. The number of nitrogens with zero attached hydrogens (tertiary/aromatic N) is 1. The van der Waals surface area contributed by atoms with Crippen LogP contribution in [0.25, 0.3) is 0 Å². The fraction of sp³-hybridized carbons (Fsp3) is 0.278. The molecule has 1 N–H and O–H groups in total. The highest BCUT2D eigenvalue weighted by molar-refractivity contribution is 6.09. The van der Waals surface area contributed by atoms with Crippen LogP contribution in [0.5, 0.6) is 0 Å². The lowest BCUT2D eigenvalue weighted by atomic mass is 10.0. The second-order valence-electron chi connectivity index (χ2n) is 5.63. The Hall–Kier alpha value is -2.94. The molecule has 0 aromatic heterocycles. The van der Waals surface area contributed by atoms with Crippen molar-refractivity contribution in [2.45, 2.75) is 12.6 Å². The Kier molecular flexibility index (Phi) is 6.89. The van der Waals surface area contributed by atoms with Crippen molar-refractivity contribution in [1.82, 2.24) is 0 Å². The average molecular weight is 382 g/mol. The number of carbonyl (C=O) groups is 1. The maximum Gasteiger partial charge on any atom is 0.411 e. The first-order valence-electron chi connectivity index (χ1n) is 8.04. The molecule has 2 rings (SSSR count). The summed E-state index contributed by atoms with van der Waals surface area (Å²) in [5.41, 5.74) is 0.481. The smallest absolute Gasteiger partial charge is 0.379 e. The van der Waals surface area contributed by atoms with Crippen molar-refractivity contribution in [2.24, 2.45) is 0 Å². The van der Waals surface area contributed by atoms with E-state index in [0.717, 1.165) is 0 Å². The molecule has 0 aliphatic rings. The molecule has 27 heavy (non-hydrogen) atoms. The van der Waals surface area contributed by atoms with E-state index in [9.17, 15) is 28.1 Å². The summed E-state index contributed by atoms with van der Waals surface area (Å²) in [6.45, 7) is -1.28. The van der Waals surface area contributed by atoms with Gasteiger partial charge in [0, 0.05) is 30.3 Å². The van der Waals surface area contributed by atoms with E-state index in [1.807, 2.05) is 0 Å². The van der Waals surface area contributed by atoms with Crippen LogP contribution in [0.15, 0.2) is 48.5 Å². The van der Waals surface area contributed by atoms with Gasteiger partial charge in [0.2, 0.25) is 0 Å². The van der Waals surface area contributed by atoms with E-state index in [-0.39, 0.29) is 42.3 Å². The van der Waals surface area contributed by atoms with E-state index < -0.39 is 17.7 Å². The lowest BCUT2D eigenvalue weighted by molar-refractivity contribution is -0.384. The van der Waals surface area contributed by atoms with Crippen molar-refractivity contribution in [1.29, 1.82) is 0 Å². The fourth-order valence-electron chi connectivity index (χ4n) is 2.31. The number of hydrogen-bond acceptors (Lipinski definition) is 5. The van der Waals surface area contributed by atoms with Crippen LogP contribution in [0, 0.1) is 10.1 Å². The Morgan fingerprint density at radius 3 is 2.44 bits per heavy atom. The SMILES string of the molecule is O=C(c1ccccc1)c1ccc(NCCCOCC(F)(F)F)c([N+](=O)[O-])c1. The number of anilines is 1. The summed E-state index contributed by atoms with van der Waals surface area (Å²) in [6, 6.07) is 12.4. The van der Waals surface area contributed by atoms with E-state index in [0.29, 0.717) is 5.56 Å². The van der Waals surface area contributed by atoms with E-state index >= 15 is 0 Å². The third-order valence-electron chi connectivity index (χ3n) is 3.54. The molecule has 0 amide bonds. The number of nitro benzene ring substituents is 1. The highest BCUT2D eigenvalue weighted by atomic mass is 19.4. The molecule has 0 aliphatic heterocycles. The minimum Gasteiger partial charge on any atom is -0.379 e. The molecule has 0 atom stereocenters. The first-order chi connectivity index (χ1) is 12.8. The molecule has 144 valence electrons. The Labute approximate surface area is 153 Å². The van der Waals surface area contributed by atoms with Gasteiger partial charge in [-0.05, 0) is 18.6 Å². The van der Waals surface area contributed by atoms with E-state index in [1.54, 1.807) is 30.3 Å². The number of halogens is 3. The van der Waals surface area contributed by atoms with Crippen molar-refractivity contribution in [2.75, 3.05) is 25.1 Å². The molecule has 0 saturated carbocycles. The Balaban J connectivity index is 1.99. The van der Waals surface area contributed by atoms with Crippen LogP contribution in [0.4, 0.5) is 24.5 Å². The molecular weight excluding hydrogens is 365 g/mol. The summed E-state index contributed by atoms with van der Waals surface area (Å²) in [6.07, 6.45) is -4.15. The first-order valence-corrected chi connectivity index (χ1v) is 8.04. The fourth-order valence-corrected chi connectivity index (χ4v) is 2.31. The van der Waals surface area contributed by atoms with Gasteiger partial charge in [0.05, 0.1) is 4.92 Å². The second-order valence-corrected chi connectivity index (χ2v) is 5.63. The van der Waals surface area contributed by atoms with Gasteiger partial charge in [-0.15, -0.1) is 0 Å². The lowest BCUT2D eigenvalue weighted by Gasteiger charge is -2.10. The van der Waals surface area contributed by atoms with Crippen LogP contribution in [-0.2, 0) is 4.74 Å². The number of ether oxygens (including phenoxy) is 1. The van der Waals surface area contributed by atoms with Crippen LogP contribution in [-0.4, -0.2) is 36.6 Å². The second kappa shape index (κ2) is 9.13. The number of ketones is 1. The van der Waals surface area contributed by atoms with Gasteiger partial charge in [0.25, 0.3) is 5.69 Å². The molecule has 0 heterocycles. The van der Waals surface area contributed by atoms with Gasteiger partial charge in [-0.2, -0.15) is 13.2 Å². The van der Waals surface area contributed by atoms with Gasteiger partial charge in [-0.25, -0.2) is 0 Å². The summed E-state index contributed by atoms with van der Waals surface area (Å²) in [4.78, 5) is 23.1. The van der Waals surface area contributed by atoms with E-state index in [2.05, 4.69) is 10.1 Å². The van der Waals surface area contributed by atoms with Crippen molar-refractivity contribution in [3.05, 3.63) is 69.8 Å². The molecular formula is C18H17F3N2O4. The number of nitro groups is 1. The van der Waals surface area contributed by atoms with Gasteiger partial charge < -0.3 is 10.1 Å². The molecule has 0 radical (unpaired) electrons. The summed E-state index contributed by atoms with van der Waals surface area (Å²) in [5, 5.41) is 14.1. The Morgan fingerprint density at radius 2 is 1.81 bits per heavy atom. The van der Waals surface area contributed by atoms with Crippen LogP contribution < -0.4 is 5.32 Å². The minimum absolute atomic E-state index is 0.134. The minimum atomic E-state index is -4.38. The third kappa shape index (κ3) is 6.37. The largest absolute Gasteiger partial charge is 0.411 e. The maximum atomic E-state index is 12.4. The summed E-state index contributed by atoms with van der Waals surface area (Å²) < 4.78 is 40.3. The number of hydrogen-bond donors (Lipinski definition) is 1. The van der Waals surface area contributed by atoms with Crippen LogP contribution >= 0.6 is 0 Å². The van der Waals surface area contributed by atoms with Crippen molar-refractivity contribution in [3.8, 4) is 0 Å². The predicted molar refractivity (Wildman–Crippen MR) is 93.0 cm³/mol. The number of benzene rings is 2. The highest BCUT2D eigenvalue weighted by Crippen LogP contribution is 2.26. The summed E-state index contributed by atoms with van der Waals surface area (Å²) in [5.74, 6) is -0.342. The number of nitrogens with one attached hydrogen (secondary N) is 1. The monoisotopic (exact) mass is 382 g/mol. The molecule has 2 aromatic rings. The Morgan fingerprint density at radius 1 is 1.11 bits per heavy atom. The maximum absolute atomic E-state index is 12.4. The normalized spacial score (nSPS) is 11.2. The van der Waals surface area contributed by atoms with Gasteiger partial charge in [-0.3, -0.25) is 14.9 Å². The molecule has 0 aliphatic carbocycles. The van der Waals surface area contributed by atoms with Crippen molar-refractivity contribution in [3.63, 3.8) is 0 Å². The van der Waals surface area contributed by atoms with E-state index in [1.165, 1.54) is 18.2 Å². The molecule has 0 spiro atoms. The standard InChI is InChI=1S/C18H17F3N2O4/c19-18(20,21)12-27-10-4-9-22-15-8-7-14(11-16(15)23(25)26)17(24)13-5-2-1-3-6-13/h1-3,5-8,11,22H,4,9-10,12H2. The van der Waals surface area contributed by atoms with Crippen LogP contribution in [0.2, 0.25) is 0 Å². The average Bonchev–Trinajstić information content (AvgIpc) is 2.63. The first kappa shape index (κ1) is 20.4. The number of carbonyl (C=O) groups excluding carboxylic acids is 1. The van der Waals surface area contributed by atoms with Crippen LogP contribution in [0.3, 0.4) is 0 Å². The molecule has 0 saturated heterocycles. The summed E-state index contributed by atoms with van der Waals surface area (Å²) >= 11 is 0. The van der Waals surface area contributed by atoms with Crippen molar-refractivity contribution < 1.29 is 27.6 Å². The van der Waals surface area contributed by atoms with Crippen LogP contribution in [0.1, 0.15) is 22.3 Å². The highest BCUT2D eigenvalue weighted by Gasteiger charge is 2.27. The zero-order valence-electron chi connectivity index (χ0n) is 14.2. The Bertz CT molecular complexity index is 795. The third-order valence-corrected chi connectivity index (χ3v) is 3.54. The lowest BCUT2D eigenvalue weighted by Crippen LogP contribution is -2.18.